The van der Waals surface area contributed by atoms with Crippen LogP contribution < -0.4 is 0 Å². The highest BCUT2D eigenvalue weighted by Gasteiger charge is 2.23. The maximum absolute atomic E-state index is 11.2. The number of ketones is 1. The van der Waals surface area contributed by atoms with E-state index in [1.54, 1.807) is 6.92 Å². The van der Waals surface area contributed by atoms with E-state index < -0.39 is 5.60 Å². The average molecular weight is 244 g/mol. The number of ether oxygens (including phenoxy) is 2. The van der Waals surface area contributed by atoms with Crippen LogP contribution in [0.1, 0.15) is 60.3 Å². The van der Waals surface area contributed by atoms with Gasteiger partial charge in [-0.15, -0.1) is 0 Å². The minimum Gasteiger partial charge on any atom is -0.379 e. The Kier molecular flexibility index (Phi) is 8.44. The Bertz CT molecular complexity index is 210. The first kappa shape index (κ1) is 16.6. The summed E-state index contributed by atoms with van der Waals surface area (Å²) in [5.41, 5.74) is -0.624. The summed E-state index contributed by atoms with van der Waals surface area (Å²) in [4.78, 5) is 11.2. The minimum absolute atomic E-state index is 0.0860. The van der Waals surface area contributed by atoms with Crippen molar-refractivity contribution in [3.63, 3.8) is 0 Å². The molecular weight excluding hydrogens is 216 g/mol. The van der Waals surface area contributed by atoms with E-state index in [1.165, 1.54) is 0 Å². The summed E-state index contributed by atoms with van der Waals surface area (Å²) < 4.78 is 11.0. The molecule has 3 nitrogen and oxygen atoms in total. The highest BCUT2D eigenvalue weighted by molar-refractivity contribution is 5.83. The summed E-state index contributed by atoms with van der Waals surface area (Å²) in [6.07, 6.45) is 4.74. The monoisotopic (exact) mass is 244 g/mol. The zero-order valence-corrected chi connectivity index (χ0v) is 12.0. The molecule has 0 aromatic carbocycles. The lowest BCUT2D eigenvalue weighted by atomic mass is 10.1. The van der Waals surface area contributed by atoms with Crippen molar-refractivity contribution in [2.75, 3.05) is 13.2 Å². The number of rotatable bonds is 10. The molecule has 0 aromatic heterocycles. The van der Waals surface area contributed by atoms with Crippen LogP contribution in [0, 0.1) is 0 Å². The van der Waals surface area contributed by atoms with E-state index in [0.29, 0.717) is 12.7 Å². The SMILES string of the molecule is CC(=O)C(C)(C)OCCCCCCOC(C)C. The Morgan fingerprint density at radius 1 is 1.06 bits per heavy atom. The number of carbonyl (C=O) groups excluding carboxylic acids is 1. The van der Waals surface area contributed by atoms with Gasteiger partial charge < -0.3 is 9.47 Å². The fourth-order valence-electron chi connectivity index (χ4n) is 1.31. The van der Waals surface area contributed by atoms with Gasteiger partial charge in [0.15, 0.2) is 5.78 Å². The Balaban J connectivity index is 3.33. The highest BCUT2D eigenvalue weighted by atomic mass is 16.5. The lowest BCUT2D eigenvalue weighted by Gasteiger charge is -2.21. The summed E-state index contributed by atoms with van der Waals surface area (Å²) in [6, 6.07) is 0. The van der Waals surface area contributed by atoms with Crippen LogP contribution in [0.15, 0.2) is 0 Å². The molecule has 102 valence electrons. The minimum atomic E-state index is -0.624. The van der Waals surface area contributed by atoms with Crippen LogP contribution in [0.5, 0.6) is 0 Å². The lowest BCUT2D eigenvalue weighted by Crippen LogP contribution is -2.33. The molecule has 0 atom stereocenters. The third kappa shape index (κ3) is 9.31. The van der Waals surface area contributed by atoms with Crippen molar-refractivity contribution in [2.24, 2.45) is 0 Å². The van der Waals surface area contributed by atoms with E-state index in [2.05, 4.69) is 13.8 Å². The molecule has 0 amide bonds. The zero-order chi connectivity index (χ0) is 13.3. The molecule has 0 rings (SSSR count). The smallest absolute Gasteiger partial charge is 0.160 e. The van der Waals surface area contributed by atoms with E-state index in [1.807, 2.05) is 13.8 Å². The molecule has 0 saturated heterocycles. The van der Waals surface area contributed by atoms with Gasteiger partial charge in [0.25, 0.3) is 0 Å². The van der Waals surface area contributed by atoms with Gasteiger partial charge in [-0.05, 0) is 47.5 Å². The Morgan fingerprint density at radius 2 is 1.59 bits per heavy atom. The van der Waals surface area contributed by atoms with Crippen molar-refractivity contribution < 1.29 is 14.3 Å². The van der Waals surface area contributed by atoms with Crippen LogP contribution >= 0.6 is 0 Å². The van der Waals surface area contributed by atoms with Gasteiger partial charge in [0.2, 0.25) is 0 Å². The van der Waals surface area contributed by atoms with Gasteiger partial charge in [-0.1, -0.05) is 12.8 Å². The first-order valence-corrected chi connectivity index (χ1v) is 6.63. The topological polar surface area (TPSA) is 35.5 Å². The second-order valence-electron chi connectivity index (χ2n) is 5.25. The second-order valence-corrected chi connectivity index (χ2v) is 5.25. The van der Waals surface area contributed by atoms with Gasteiger partial charge in [0.1, 0.15) is 5.60 Å². The van der Waals surface area contributed by atoms with Gasteiger partial charge >= 0.3 is 0 Å². The van der Waals surface area contributed by atoms with Crippen molar-refractivity contribution in [1.29, 1.82) is 0 Å². The Hall–Kier alpha value is -0.410. The van der Waals surface area contributed by atoms with Gasteiger partial charge in [0.05, 0.1) is 6.10 Å². The van der Waals surface area contributed by atoms with Crippen molar-refractivity contribution in [3.05, 3.63) is 0 Å². The van der Waals surface area contributed by atoms with E-state index in [0.717, 1.165) is 32.3 Å². The average Bonchev–Trinajstić information content (AvgIpc) is 2.21. The predicted molar refractivity (Wildman–Crippen MR) is 70.3 cm³/mol. The molecule has 0 aliphatic rings. The van der Waals surface area contributed by atoms with E-state index >= 15 is 0 Å². The van der Waals surface area contributed by atoms with Crippen molar-refractivity contribution in [1.82, 2.24) is 0 Å². The number of hydrogen-bond acceptors (Lipinski definition) is 3. The lowest BCUT2D eigenvalue weighted by molar-refractivity contribution is -0.138. The fraction of sp³-hybridized carbons (Fsp3) is 0.929. The fourth-order valence-corrected chi connectivity index (χ4v) is 1.31. The van der Waals surface area contributed by atoms with Crippen LogP contribution in [-0.4, -0.2) is 30.7 Å². The number of Topliss-reactive ketones (excluding diaryl/α,β-unsaturated/α-hetero) is 1. The van der Waals surface area contributed by atoms with E-state index in [9.17, 15) is 4.79 Å². The maximum Gasteiger partial charge on any atom is 0.160 e. The van der Waals surface area contributed by atoms with Crippen molar-refractivity contribution in [3.8, 4) is 0 Å². The standard InChI is InChI=1S/C14H28O3/c1-12(2)16-10-8-6-7-9-11-17-14(4,5)13(3)15/h12H,6-11H2,1-5H3. The molecule has 0 spiro atoms. The molecule has 0 bridgehead atoms. The number of hydrogen-bond donors (Lipinski definition) is 0. The zero-order valence-electron chi connectivity index (χ0n) is 12.0. The van der Waals surface area contributed by atoms with Crippen LogP contribution in [0.2, 0.25) is 0 Å². The third-order valence-corrected chi connectivity index (χ3v) is 2.80. The molecule has 0 aliphatic heterocycles. The molecule has 0 fully saturated rings. The summed E-state index contributed by atoms with van der Waals surface area (Å²) in [5, 5.41) is 0. The van der Waals surface area contributed by atoms with E-state index in [-0.39, 0.29) is 5.78 Å². The van der Waals surface area contributed by atoms with Crippen LogP contribution in [0.4, 0.5) is 0 Å². The largest absolute Gasteiger partial charge is 0.379 e. The number of unbranched alkanes of at least 4 members (excludes halogenated alkanes) is 3. The van der Waals surface area contributed by atoms with Crippen molar-refractivity contribution in [2.45, 2.75) is 72.0 Å². The molecule has 0 unspecified atom stereocenters. The van der Waals surface area contributed by atoms with E-state index in [4.69, 9.17) is 9.47 Å². The Morgan fingerprint density at radius 3 is 2.06 bits per heavy atom. The van der Waals surface area contributed by atoms with Crippen molar-refractivity contribution >= 4 is 5.78 Å². The summed E-state index contributed by atoms with van der Waals surface area (Å²) >= 11 is 0. The Labute approximate surface area is 106 Å². The molecular formula is C14H28O3. The molecule has 0 N–H and O–H groups in total. The molecule has 0 saturated carbocycles. The summed E-state index contributed by atoms with van der Waals surface area (Å²) in [6.45, 7) is 10.8. The summed E-state index contributed by atoms with van der Waals surface area (Å²) in [7, 11) is 0. The third-order valence-electron chi connectivity index (χ3n) is 2.80. The van der Waals surface area contributed by atoms with Crippen LogP contribution in [-0.2, 0) is 14.3 Å². The molecule has 3 heteroatoms. The van der Waals surface area contributed by atoms with Gasteiger partial charge in [-0.3, -0.25) is 4.79 Å². The predicted octanol–water partition coefficient (Wildman–Crippen LogP) is 3.36. The summed E-state index contributed by atoms with van der Waals surface area (Å²) in [5.74, 6) is 0.0860. The quantitative estimate of drug-likeness (QED) is 0.553. The molecule has 0 aromatic rings. The molecule has 0 aliphatic carbocycles. The van der Waals surface area contributed by atoms with Gasteiger partial charge in [-0.25, -0.2) is 0 Å². The van der Waals surface area contributed by atoms with Crippen LogP contribution in [0.25, 0.3) is 0 Å². The highest BCUT2D eigenvalue weighted by Crippen LogP contribution is 2.12. The molecule has 17 heavy (non-hydrogen) atoms. The van der Waals surface area contributed by atoms with Crippen LogP contribution in [0.3, 0.4) is 0 Å². The normalized spacial score (nSPS) is 12.1. The maximum atomic E-state index is 11.2. The second kappa shape index (κ2) is 8.65. The first-order chi connectivity index (χ1) is 7.86. The molecule has 0 radical (unpaired) electrons. The number of carbonyl (C=O) groups is 1. The first-order valence-electron chi connectivity index (χ1n) is 6.63. The van der Waals surface area contributed by atoms with Gasteiger partial charge in [0, 0.05) is 13.2 Å². The van der Waals surface area contributed by atoms with Gasteiger partial charge in [-0.2, -0.15) is 0 Å². The molecule has 0 heterocycles.